The first-order valence-corrected chi connectivity index (χ1v) is 6.11. The predicted octanol–water partition coefficient (Wildman–Crippen LogP) is 2.97. The Morgan fingerprint density at radius 1 is 1.47 bits per heavy atom. The van der Waals surface area contributed by atoms with Gasteiger partial charge in [0.2, 0.25) is 0 Å². The number of rotatable bonds is 5. The summed E-state index contributed by atoms with van der Waals surface area (Å²) in [6.07, 6.45) is 3.32. The van der Waals surface area contributed by atoms with Crippen LogP contribution in [0.2, 0.25) is 5.02 Å². The van der Waals surface area contributed by atoms with Crippen LogP contribution in [0.15, 0.2) is 43.1 Å². The second kappa shape index (κ2) is 5.71. The molecule has 0 unspecified atom stereocenters. The number of aliphatic carboxylic acids is 1. The molecule has 1 N–H and O–H groups in total. The van der Waals surface area contributed by atoms with Crippen LogP contribution in [0.3, 0.4) is 0 Å². The molecule has 1 aromatic carbocycles. The first-order chi connectivity index (χ1) is 9.11. The Morgan fingerprint density at radius 2 is 2.26 bits per heavy atom. The van der Waals surface area contributed by atoms with E-state index in [1.165, 1.54) is 0 Å². The highest BCUT2D eigenvalue weighted by molar-refractivity contribution is 6.31. The molecule has 19 heavy (non-hydrogen) atoms. The first kappa shape index (κ1) is 13.4. The highest BCUT2D eigenvalue weighted by Crippen LogP contribution is 2.27. The van der Waals surface area contributed by atoms with Crippen molar-refractivity contribution in [2.24, 2.45) is 0 Å². The second-order valence-electron chi connectivity index (χ2n) is 4.05. The Balaban J connectivity index is 2.52. The van der Waals surface area contributed by atoms with Gasteiger partial charge in [-0.2, -0.15) is 0 Å². The van der Waals surface area contributed by atoms with Crippen LogP contribution < -0.4 is 4.90 Å². The molecule has 0 aliphatic heterocycles. The van der Waals surface area contributed by atoms with Crippen molar-refractivity contribution in [2.75, 3.05) is 18.0 Å². The Bertz CT molecular complexity index is 628. The number of anilines is 1. The number of carbonyl (C=O) groups is 1. The van der Waals surface area contributed by atoms with Crippen molar-refractivity contribution < 1.29 is 9.90 Å². The molecule has 98 valence electrons. The first-order valence-electron chi connectivity index (χ1n) is 5.73. The van der Waals surface area contributed by atoms with Crippen LogP contribution in [0.25, 0.3) is 10.9 Å². The van der Waals surface area contributed by atoms with Gasteiger partial charge in [0.1, 0.15) is 6.54 Å². The summed E-state index contributed by atoms with van der Waals surface area (Å²) in [5.41, 5.74) is 1.55. The Morgan fingerprint density at radius 3 is 2.95 bits per heavy atom. The van der Waals surface area contributed by atoms with Gasteiger partial charge in [-0.1, -0.05) is 17.7 Å². The standard InChI is InChI=1S/C14H13ClN2O2/c1-2-7-17(9-14(18)19)13-5-6-16-12-8-10(15)3-4-11(12)13/h2-6,8H,1,7,9H2,(H,18,19). The van der Waals surface area contributed by atoms with Crippen LogP contribution in [-0.2, 0) is 4.79 Å². The van der Waals surface area contributed by atoms with Gasteiger partial charge >= 0.3 is 5.97 Å². The molecule has 0 spiro atoms. The number of pyridine rings is 1. The maximum atomic E-state index is 10.9. The van der Waals surface area contributed by atoms with Gasteiger partial charge in [-0.05, 0) is 24.3 Å². The number of nitrogens with zero attached hydrogens (tertiary/aromatic N) is 2. The molecular formula is C14H13ClN2O2. The van der Waals surface area contributed by atoms with Crippen molar-refractivity contribution in [1.29, 1.82) is 0 Å². The SMILES string of the molecule is C=CCN(CC(=O)O)c1ccnc2cc(Cl)ccc12. The molecule has 0 bridgehead atoms. The zero-order valence-corrected chi connectivity index (χ0v) is 11.0. The van der Waals surface area contributed by atoms with E-state index in [1.54, 1.807) is 35.4 Å². The highest BCUT2D eigenvalue weighted by atomic mass is 35.5. The molecule has 0 atom stereocenters. The highest BCUT2D eigenvalue weighted by Gasteiger charge is 2.12. The van der Waals surface area contributed by atoms with Crippen LogP contribution in [0.4, 0.5) is 5.69 Å². The number of fused-ring (bicyclic) bond motifs is 1. The zero-order valence-electron chi connectivity index (χ0n) is 10.2. The van der Waals surface area contributed by atoms with Crippen molar-refractivity contribution in [1.82, 2.24) is 4.98 Å². The summed E-state index contributed by atoms with van der Waals surface area (Å²) in [7, 11) is 0. The summed E-state index contributed by atoms with van der Waals surface area (Å²) in [5.74, 6) is -0.888. The quantitative estimate of drug-likeness (QED) is 0.853. The molecule has 0 saturated heterocycles. The Kier molecular flexibility index (Phi) is 4.02. The number of hydrogen-bond acceptors (Lipinski definition) is 3. The summed E-state index contributed by atoms with van der Waals surface area (Å²) >= 11 is 5.93. The zero-order chi connectivity index (χ0) is 13.8. The minimum Gasteiger partial charge on any atom is -0.480 e. The molecule has 0 aliphatic rings. The number of halogens is 1. The number of benzene rings is 1. The molecule has 0 aliphatic carbocycles. The van der Waals surface area contributed by atoms with Crippen LogP contribution in [0.1, 0.15) is 0 Å². The minimum absolute atomic E-state index is 0.0895. The molecule has 0 saturated carbocycles. The number of aromatic nitrogens is 1. The van der Waals surface area contributed by atoms with Gasteiger partial charge in [0.05, 0.1) is 5.52 Å². The molecule has 0 amide bonds. The molecule has 0 radical (unpaired) electrons. The maximum absolute atomic E-state index is 10.9. The van der Waals surface area contributed by atoms with Gasteiger partial charge in [-0.25, -0.2) is 0 Å². The average molecular weight is 277 g/mol. The predicted molar refractivity (Wildman–Crippen MR) is 76.8 cm³/mol. The normalized spacial score (nSPS) is 10.4. The summed E-state index contributed by atoms with van der Waals surface area (Å²) in [5, 5.41) is 10.4. The van der Waals surface area contributed by atoms with E-state index in [2.05, 4.69) is 11.6 Å². The lowest BCUT2D eigenvalue weighted by Gasteiger charge is -2.22. The van der Waals surface area contributed by atoms with Crippen molar-refractivity contribution in [3.8, 4) is 0 Å². The van der Waals surface area contributed by atoms with Gasteiger partial charge < -0.3 is 10.0 Å². The lowest BCUT2D eigenvalue weighted by molar-refractivity contribution is -0.135. The number of hydrogen-bond donors (Lipinski definition) is 1. The average Bonchev–Trinajstić information content (AvgIpc) is 2.36. The fourth-order valence-corrected chi connectivity index (χ4v) is 2.12. The molecule has 1 heterocycles. The molecule has 5 heteroatoms. The fourth-order valence-electron chi connectivity index (χ4n) is 1.95. The van der Waals surface area contributed by atoms with Gasteiger partial charge in [-0.15, -0.1) is 6.58 Å². The smallest absolute Gasteiger partial charge is 0.323 e. The molecule has 0 fully saturated rings. The Hall–Kier alpha value is -2.07. The molecular weight excluding hydrogens is 264 g/mol. The molecule has 2 aromatic rings. The fraction of sp³-hybridized carbons (Fsp3) is 0.143. The van der Waals surface area contributed by atoms with E-state index in [1.807, 2.05) is 6.07 Å². The van der Waals surface area contributed by atoms with Gasteiger partial charge in [0.25, 0.3) is 0 Å². The van der Waals surface area contributed by atoms with E-state index in [-0.39, 0.29) is 6.54 Å². The van der Waals surface area contributed by atoms with Crippen molar-refractivity contribution >= 4 is 34.2 Å². The van der Waals surface area contributed by atoms with Gasteiger partial charge in [0.15, 0.2) is 0 Å². The largest absolute Gasteiger partial charge is 0.480 e. The van der Waals surface area contributed by atoms with E-state index in [9.17, 15) is 4.79 Å². The summed E-state index contributed by atoms with van der Waals surface area (Å²) in [6.45, 7) is 4.02. The second-order valence-corrected chi connectivity index (χ2v) is 4.49. The van der Waals surface area contributed by atoms with Gasteiger partial charge in [-0.3, -0.25) is 9.78 Å². The molecule has 2 rings (SSSR count). The van der Waals surface area contributed by atoms with Crippen LogP contribution >= 0.6 is 11.6 Å². The monoisotopic (exact) mass is 276 g/mol. The minimum atomic E-state index is -0.888. The third-order valence-corrected chi connectivity index (χ3v) is 2.93. The lowest BCUT2D eigenvalue weighted by Crippen LogP contribution is -2.29. The topological polar surface area (TPSA) is 53.4 Å². The van der Waals surface area contributed by atoms with Crippen molar-refractivity contribution in [3.63, 3.8) is 0 Å². The van der Waals surface area contributed by atoms with Crippen LogP contribution in [0.5, 0.6) is 0 Å². The van der Waals surface area contributed by atoms with Crippen LogP contribution in [0, 0.1) is 0 Å². The molecule has 4 nitrogen and oxygen atoms in total. The summed E-state index contributed by atoms with van der Waals surface area (Å²) in [6, 6.07) is 7.16. The summed E-state index contributed by atoms with van der Waals surface area (Å²) in [4.78, 5) is 16.9. The third-order valence-electron chi connectivity index (χ3n) is 2.70. The van der Waals surface area contributed by atoms with E-state index in [0.29, 0.717) is 11.6 Å². The van der Waals surface area contributed by atoms with Crippen molar-refractivity contribution in [2.45, 2.75) is 0 Å². The maximum Gasteiger partial charge on any atom is 0.323 e. The van der Waals surface area contributed by atoms with Crippen LogP contribution in [-0.4, -0.2) is 29.1 Å². The summed E-state index contributed by atoms with van der Waals surface area (Å²) < 4.78 is 0. The van der Waals surface area contributed by atoms with E-state index >= 15 is 0 Å². The number of carboxylic acids is 1. The van der Waals surface area contributed by atoms with Crippen molar-refractivity contribution in [3.05, 3.63) is 48.1 Å². The van der Waals surface area contributed by atoms with E-state index in [0.717, 1.165) is 16.6 Å². The third kappa shape index (κ3) is 3.03. The number of carboxylic acid groups (broad SMARTS) is 1. The van der Waals surface area contributed by atoms with Gasteiger partial charge in [0, 0.05) is 28.8 Å². The van der Waals surface area contributed by atoms with E-state index < -0.39 is 5.97 Å². The Labute approximate surface area is 115 Å². The lowest BCUT2D eigenvalue weighted by atomic mass is 10.1. The molecule has 1 aromatic heterocycles. The van der Waals surface area contributed by atoms with E-state index in [4.69, 9.17) is 16.7 Å².